The normalized spacial score (nSPS) is 11.1. The van der Waals surface area contributed by atoms with Crippen molar-refractivity contribution in [1.29, 1.82) is 0 Å². The van der Waals surface area contributed by atoms with Crippen LogP contribution in [-0.4, -0.2) is 31.8 Å². The average Bonchev–Trinajstić information content (AvgIpc) is 3.07. The Balaban J connectivity index is 1.60. The number of rotatable bonds is 5. The fourth-order valence-corrected chi connectivity index (χ4v) is 3.82. The molecular formula is C19H16ClN5O2S. The molecule has 0 aliphatic heterocycles. The van der Waals surface area contributed by atoms with E-state index in [1.165, 1.54) is 11.8 Å². The molecule has 0 fully saturated rings. The van der Waals surface area contributed by atoms with Crippen molar-refractivity contribution in [3.63, 3.8) is 0 Å². The van der Waals surface area contributed by atoms with Gasteiger partial charge >= 0.3 is 0 Å². The van der Waals surface area contributed by atoms with Gasteiger partial charge in [-0.05, 0) is 30.3 Å². The fraction of sp³-hybridized carbons (Fsp3) is 0.158. The Labute approximate surface area is 169 Å². The first-order valence-electron chi connectivity index (χ1n) is 8.41. The number of methoxy groups -OCH3 is 1. The lowest BCUT2D eigenvalue weighted by atomic mass is 10.2. The lowest BCUT2D eigenvalue weighted by molar-refractivity contribution is 0.416. The molecule has 2 aromatic carbocycles. The molecule has 4 rings (SSSR count). The van der Waals surface area contributed by atoms with Gasteiger partial charge in [0.2, 0.25) is 0 Å². The second kappa shape index (κ2) is 7.65. The summed E-state index contributed by atoms with van der Waals surface area (Å²) in [4.78, 5) is 19.6. The number of aromatic amines is 1. The van der Waals surface area contributed by atoms with Crippen molar-refractivity contribution in [2.24, 2.45) is 7.05 Å². The van der Waals surface area contributed by atoms with E-state index >= 15 is 0 Å². The van der Waals surface area contributed by atoms with E-state index in [1.54, 1.807) is 25.3 Å². The lowest BCUT2D eigenvalue weighted by Gasteiger charge is -2.08. The van der Waals surface area contributed by atoms with Crippen LogP contribution in [0.1, 0.15) is 5.82 Å². The molecule has 4 aromatic rings. The van der Waals surface area contributed by atoms with Crippen molar-refractivity contribution >= 4 is 34.3 Å². The number of hydrogen-bond donors (Lipinski definition) is 1. The summed E-state index contributed by atoms with van der Waals surface area (Å²) >= 11 is 7.39. The Morgan fingerprint density at radius 1 is 1.21 bits per heavy atom. The Morgan fingerprint density at radius 2 is 2.04 bits per heavy atom. The standard InChI is InChI=1S/C19H16ClN5O2S/c1-25-17(12-5-3-4-6-15(12)27-2)23-24-19(25)28-10-16-21-14-8-7-11(20)9-13(14)18(26)22-16/h3-9H,10H2,1-2H3,(H,21,22,26). The molecule has 0 unspecified atom stereocenters. The summed E-state index contributed by atoms with van der Waals surface area (Å²) in [6.45, 7) is 0. The molecule has 142 valence electrons. The highest BCUT2D eigenvalue weighted by atomic mass is 35.5. The summed E-state index contributed by atoms with van der Waals surface area (Å²) in [7, 11) is 3.52. The van der Waals surface area contributed by atoms with Crippen molar-refractivity contribution in [3.8, 4) is 17.1 Å². The Kier molecular flexibility index (Phi) is 5.06. The summed E-state index contributed by atoms with van der Waals surface area (Å²) in [5.74, 6) is 2.45. The average molecular weight is 414 g/mol. The number of nitrogens with zero attached hydrogens (tertiary/aromatic N) is 4. The monoisotopic (exact) mass is 413 g/mol. The van der Waals surface area contributed by atoms with Crippen molar-refractivity contribution in [2.75, 3.05) is 7.11 Å². The van der Waals surface area contributed by atoms with Crippen LogP contribution in [0, 0.1) is 0 Å². The van der Waals surface area contributed by atoms with Crippen LogP contribution in [0.25, 0.3) is 22.3 Å². The van der Waals surface area contributed by atoms with Gasteiger partial charge in [-0.3, -0.25) is 4.79 Å². The van der Waals surface area contributed by atoms with Crippen LogP contribution < -0.4 is 10.3 Å². The van der Waals surface area contributed by atoms with Crippen molar-refractivity contribution in [1.82, 2.24) is 24.7 Å². The summed E-state index contributed by atoms with van der Waals surface area (Å²) in [6, 6.07) is 12.7. The van der Waals surface area contributed by atoms with E-state index in [1.807, 2.05) is 35.9 Å². The number of H-pyrrole nitrogens is 1. The quantitative estimate of drug-likeness (QED) is 0.502. The minimum Gasteiger partial charge on any atom is -0.496 e. The van der Waals surface area contributed by atoms with E-state index in [9.17, 15) is 4.79 Å². The molecule has 0 aliphatic carbocycles. The fourth-order valence-electron chi connectivity index (χ4n) is 2.87. The van der Waals surface area contributed by atoms with Gasteiger partial charge in [-0.25, -0.2) is 4.98 Å². The third kappa shape index (κ3) is 3.48. The highest BCUT2D eigenvalue weighted by Gasteiger charge is 2.15. The van der Waals surface area contributed by atoms with Gasteiger partial charge in [-0.1, -0.05) is 35.5 Å². The zero-order valence-corrected chi connectivity index (χ0v) is 16.7. The Hall–Kier alpha value is -2.84. The van der Waals surface area contributed by atoms with Crippen LogP contribution in [-0.2, 0) is 12.8 Å². The molecule has 28 heavy (non-hydrogen) atoms. The highest BCUT2D eigenvalue weighted by Crippen LogP contribution is 2.30. The van der Waals surface area contributed by atoms with Gasteiger partial charge in [0, 0.05) is 12.1 Å². The molecule has 9 heteroatoms. The van der Waals surface area contributed by atoms with Crippen LogP contribution in [0.3, 0.4) is 0 Å². The van der Waals surface area contributed by atoms with Crippen LogP contribution in [0.5, 0.6) is 5.75 Å². The highest BCUT2D eigenvalue weighted by molar-refractivity contribution is 7.98. The number of halogens is 1. The van der Waals surface area contributed by atoms with E-state index in [0.29, 0.717) is 38.5 Å². The molecule has 1 N–H and O–H groups in total. The number of aromatic nitrogens is 5. The third-order valence-corrected chi connectivity index (χ3v) is 5.50. The van der Waals surface area contributed by atoms with E-state index < -0.39 is 0 Å². The lowest BCUT2D eigenvalue weighted by Crippen LogP contribution is -2.11. The first kappa shape index (κ1) is 18.5. The molecule has 0 radical (unpaired) electrons. The first-order valence-corrected chi connectivity index (χ1v) is 9.77. The molecule has 0 saturated carbocycles. The molecule has 0 saturated heterocycles. The number of para-hydroxylation sites is 1. The van der Waals surface area contributed by atoms with E-state index in [-0.39, 0.29) is 5.56 Å². The summed E-state index contributed by atoms with van der Waals surface area (Å²) in [6.07, 6.45) is 0. The van der Waals surface area contributed by atoms with Gasteiger partial charge in [0.15, 0.2) is 11.0 Å². The minimum atomic E-state index is -0.212. The number of benzene rings is 2. The van der Waals surface area contributed by atoms with Gasteiger partial charge < -0.3 is 14.3 Å². The molecule has 0 spiro atoms. The van der Waals surface area contributed by atoms with Gasteiger partial charge in [-0.2, -0.15) is 0 Å². The van der Waals surface area contributed by atoms with Crippen molar-refractivity contribution in [2.45, 2.75) is 10.9 Å². The molecule has 0 aliphatic rings. The van der Waals surface area contributed by atoms with Crippen LogP contribution in [0.15, 0.2) is 52.4 Å². The molecule has 2 heterocycles. The van der Waals surface area contributed by atoms with Gasteiger partial charge in [0.25, 0.3) is 5.56 Å². The number of fused-ring (bicyclic) bond motifs is 1. The number of nitrogens with one attached hydrogen (secondary N) is 1. The van der Waals surface area contributed by atoms with Crippen LogP contribution in [0.2, 0.25) is 5.02 Å². The zero-order chi connectivity index (χ0) is 19.7. The SMILES string of the molecule is COc1ccccc1-c1nnc(SCc2nc3ccc(Cl)cc3c(=O)[nH]2)n1C. The topological polar surface area (TPSA) is 85.7 Å². The first-order chi connectivity index (χ1) is 13.6. The Morgan fingerprint density at radius 3 is 2.86 bits per heavy atom. The minimum absolute atomic E-state index is 0.212. The predicted octanol–water partition coefficient (Wildman–Crippen LogP) is 3.67. The van der Waals surface area contributed by atoms with Crippen LogP contribution in [0.4, 0.5) is 0 Å². The summed E-state index contributed by atoms with van der Waals surface area (Å²) in [5, 5.41) is 10.2. The van der Waals surface area contributed by atoms with E-state index in [4.69, 9.17) is 16.3 Å². The van der Waals surface area contributed by atoms with Crippen molar-refractivity contribution < 1.29 is 4.74 Å². The molecule has 0 amide bonds. The molecular weight excluding hydrogens is 398 g/mol. The maximum absolute atomic E-state index is 12.3. The van der Waals surface area contributed by atoms with Gasteiger partial charge in [-0.15, -0.1) is 10.2 Å². The molecule has 2 aromatic heterocycles. The third-order valence-electron chi connectivity index (χ3n) is 4.24. The summed E-state index contributed by atoms with van der Waals surface area (Å²) < 4.78 is 7.30. The molecule has 0 atom stereocenters. The van der Waals surface area contributed by atoms with E-state index in [0.717, 1.165) is 11.3 Å². The predicted molar refractivity (Wildman–Crippen MR) is 110 cm³/mol. The maximum atomic E-state index is 12.3. The van der Waals surface area contributed by atoms with Gasteiger partial charge in [0.05, 0.1) is 29.3 Å². The molecule has 0 bridgehead atoms. The maximum Gasteiger partial charge on any atom is 0.258 e. The molecule has 7 nitrogen and oxygen atoms in total. The van der Waals surface area contributed by atoms with Crippen molar-refractivity contribution in [3.05, 3.63) is 63.7 Å². The number of hydrogen-bond acceptors (Lipinski definition) is 6. The van der Waals surface area contributed by atoms with E-state index in [2.05, 4.69) is 20.2 Å². The van der Waals surface area contributed by atoms with Gasteiger partial charge in [0.1, 0.15) is 11.6 Å². The second-order valence-corrected chi connectivity index (χ2v) is 7.41. The Bertz CT molecular complexity index is 1220. The number of thioether (sulfide) groups is 1. The summed E-state index contributed by atoms with van der Waals surface area (Å²) in [5.41, 5.74) is 1.26. The zero-order valence-electron chi connectivity index (χ0n) is 15.1. The van der Waals surface area contributed by atoms with Crippen LogP contribution >= 0.6 is 23.4 Å². The second-order valence-electron chi connectivity index (χ2n) is 6.03. The largest absolute Gasteiger partial charge is 0.496 e. The smallest absolute Gasteiger partial charge is 0.258 e. The number of ether oxygens (including phenoxy) is 1.